The van der Waals surface area contributed by atoms with Crippen LogP contribution in [0, 0.1) is 0 Å². The SMILES string of the molecule is CN1/C=C/CC/C=C/C2=C1C=CCC2. The van der Waals surface area contributed by atoms with Gasteiger partial charge in [0.1, 0.15) is 0 Å². The van der Waals surface area contributed by atoms with Gasteiger partial charge < -0.3 is 4.90 Å². The van der Waals surface area contributed by atoms with Gasteiger partial charge in [0.05, 0.1) is 0 Å². The molecule has 0 amide bonds. The van der Waals surface area contributed by atoms with Crippen molar-refractivity contribution in [3.05, 3.63) is 47.9 Å². The molecule has 0 saturated heterocycles. The van der Waals surface area contributed by atoms with Crippen LogP contribution in [0.15, 0.2) is 47.9 Å². The minimum atomic E-state index is 1.14. The first-order valence-corrected chi connectivity index (χ1v) is 5.33. The molecule has 1 heteroatoms. The fraction of sp³-hybridized carbons (Fsp3) is 0.385. The van der Waals surface area contributed by atoms with Crippen LogP contribution in [-0.4, -0.2) is 11.9 Å². The molecule has 0 fully saturated rings. The minimum Gasteiger partial charge on any atom is -0.351 e. The van der Waals surface area contributed by atoms with Crippen LogP contribution in [0.2, 0.25) is 0 Å². The summed E-state index contributed by atoms with van der Waals surface area (Å²) >= 11 is 0. The Kier molecular flexibility index (Phi) is 2.87. The molecule has 0 bridgehead atoms. The number of hydrogen-bond acceptors (Lipinski definition) is 1. The first kappa shape index (κ1) is 9.32. The third kappa shape index (κ3) is 1.98. The molecule has 0 spiro atoms. The van der Waals surface area contributed by atoms with E-state index < -0.39 is 0 Å². The van der Waals surface area contributed by atoms with Crippen LogP contribution in [0.3, 0.4) is 0 Å². The first-order valence-electron chi connectivity index (χ1n) is 5.33. The maximum atomic E-state index is 2.29. The highest BCUT2D eigenvalue weighted by Crippen LogP contribution is 2.23. The maximum absolute atomic E-state index is 2.29. The molecule has 0 N–H and O–H groups in total. The minimum absolute atomic E-state index is 1.14. The predicted octanol–water partition coefficient (Wildman–Crippen LogP) is 3.39. The van der Waals surface area contributed by atoms with Crippen LogP contribution in [0.5, 0.6) is 0 Å². The lowest BCUT2D eigenvalue weighted by Crippen LogP contribution is -2.12. The van der Waals surface area contributed by atoms with Gasteiger partial charge in [-0.05, 0) is 43.5 Å². The molecule has 0 radical (unpaired) electrons. The van der Waals surface area contributed by atoms with Crippen molar-refractivity contribution in [2.75, 3.05) is 7.05 Å². The topological polar surface area (TPSA) is 3.24 Å². The van der Waals surface area contributed by atoms with Gasteiger partial charge in [0.25, 0.3) is 0 Å². The zero-order valence-electron chi connectivity index (χ0n) is 8.74. The van der Waals surface area contributed by atoms with Gasteiger partial charge in [-0.1, -0.05) is 24.3 Å². The molecule has 0 aromatic carbocycles. The van der Waals surface area contributed by atoms with E-state index in [1.54, 1.807) is 0 Å². The Morgan fingerprint density at radius 3 is 2.71 bits per heavy atom. The van der Waals surface area contributed by atoms with E-state index in [-0.39, 0.29) is 0 Å². The smallest absolute Gasteiger partial charge is 0.0432 e. The zero-order valence-corrected chi connectivity index (χ0v) is 8.74. The van der Waals surface area contributed by atoms with Gasteiger partial charge in [-0.25, -0.2) is 0 Å². The van der Waals surface area contributed by atoms with Crippen LogP contribution in [0.25, 0.3) is 0 Å². The average molecular weight is 187 g/mol. The van der Waals surface area contributed by atoms with Gasteiger partial charge in [-0.15, -0.1) is 0 Å². The molecule has 2 rings (SSSR count). The molecule has 0 atom stereocenters. The number of nitrogens with zero attached hydrogens (tertiary/aromatic N) is 1. The van der Waals surface area contributed by atoms with Gasteiger partial charge in [0.2, 0.25) is 0 Å². The highest BCUT2D eigenvalue weighted by molar-refractivity contribution is 5.36. The summed E-state index contributed by atoms with van der Waals surface area (Å²) < 4.78 is 0. The van der Waals surface area contributed by atoms with Crippen molar-refractivity contribution in [1.82, 2.24) is 4.90 Å². The van der Waals surface area contributed by atoms with E-state index in [0.29, 0.717) is 0 Å². The monoisotopic (exact) mass is 187 g/mol. The predicted molar refractivity (Wildman–Crippen MR) is 60.7 cm³/mol. The summed E-state index contributed by atoms with van der Waals surface area (Å²) in [5.74, 6) is 0. The van der Waals surface area contributed by atoms with Crippen LogP contribution < -0.4 is 0 Å². The standard InChI is InChI=1S/C13H17N/c1-14-11-7-3-2-4-8-12-9-5-6-10-13(12)14/h4,6-8,10-11H,2-3,5,9H2,1H3/b8-4+,11-7+. The molecule has 0 aromatic rings. The van der Waals surface area contributed by atoms with Crippen LogP contribution in [0.4, 0.5) is 0 Å². The normalized spacial score (nSPS) is 26.2. The number of rotatable bonds is 0. The summed E-state index contributed by atoms with van der Waals surface area (Å²) in [6.45, 7) is 0. The summed E-state index contributed by atoms with van der Waals surface area (Å²) in [5.41, 5.74) is 2.83. The number of likely N-dealkylation sites (N-methyl/N-ethyl adjacent to an activating group) is 1. The second-order valence-corrected chi connectivity index (χ2v) is 3.83. The quantitative estimate of drug-likeness (QED) is 0.562. The Morgan fingerprint density at radius 1 is 1.00 bits per heavy atom. The van der Waals surface area contributed by atoms with Crippen molar-refractivity contribution < 1.29 is 0 Å². The summed E-state index contributed by atoms with van der Waals surface area (Å²) in [6, 6.07) is 0. The highest BCUT2D eigenvalue weighted by atomic mass is 15.1. The van der Waals surface area contributed by atoms with Gasteiger partial charge in [-0.2, -0.15) is 0 Å². The fourth-order valence-corrected chi connectivity index (χ4v) is 1.91. The number of allylic oxidation sites excluding steroid dienone is 6. The van der Waals surface area contributed by atoms with E-state index >= 15 is 0 Å². The Morgan fingerprint density at radius 2 is 1.79 bits per heavy atom. The second-order valence-electron chi connectivity index (χ2n) is 3.83. The third-order valence-electron chi connectivity index (χ3n) is 2.71. The molecular weight excluding hydrogens is 170 g/mol. The lowest BCUT2D eigenvalue weighted by molar-refractivity contribution is 0.572. The summed E-state index contributed by atoms with van der Waals surface area (Å²) in [4.78, 5) is 2.22. The Balaban J connectivity index is 2.34. The van der Waals surface area contributed by atoms with Gasteiger partial charge >= 0.3 is 0 Å². The van der Waals surface area contributed by atoms with Crippen molar-refractivity contribution in [1.29, 1.82) is 0 Å². The summed E-state index contributed by atoms with van der Waals surface area (Å²) in [5, 5.41) is 0. The van der Waals surface area contributed by atoms with E-state index in [1.807, 2.05) is 0 Å². The van der Waals surface area contributed by atoms with E-state index in [0.717, 1.165) is 12.8 Å². The van der Waals surface area contributed by atoms with E-state index in [1.165, 1.54) is 24.1 Å². The Labute approximate surface area is 86.1 Å². The molecule has 14 heavy (non-hydrogen) atoms. The number of hydrogen-bond donors (Lipinski definition) is 0. The largest absolute Gasteiger partial charge is 0.351 e. The second kappa shape index (κ2) is 4.32. The van der Waals surface area contributed by atoms with Crippen molar-refractivity contribution >= 4 is 0 Å². The molecule has 0 aromatic heterocycles. The first-order chi connectivity index (χ1) is 6.88. The molecular formula is C13H17N. The lowest BCUT2D eigenvalue weighted by Gasteiger charge is -2.21. The summed E-state index contributed by atoms with van der Waals surface area (Å²) in [7, 11) is 2.13. The molecule has 1 aliphatic heterocycles. The average Bonchev–Trinajstić information content (AvgIpc) is 2.30. The molecule has 1 heterocycles. The van der Waals surface area contributed by atoms with Gasteiger partial charge in [-0.3, -0.25) is 0 Å². The van der Waals surface area contributed by atoms with Crippen molar-refractivity contribution in [2.24, 2.45) is 0 Å². The van der Waals surface area contributed by atoms with Crippen LogP contribution in [-0.2, 0) is 0 Å². The van der Waals surface area contributed by atoms with Crippen LogP contribution in [0.1, 0.15) is 25.7 Å². The zero-order chi connectivity index (χ0) is 9.80. The molecule has 2 aliphatic rings. The molecule has 0 saturated carbocycles. The van der Waals surface area contributed by atoms with Crippen molar-refractivity contribution in [3.8, 4) is 0 Å². The molecule has 1 aliphatic carbocycles. The summed E-state index contributed by atoms with van der Waals surface area (Å²) in [6.07, 6.45) is 18.2. The van der Waals surface area contributed by atoms with Gasteiger partial charge in [0.15, 0.2) is 0 Å². The molecule has 0 unspecified atom stereocenters. The van der Waals surface area contributed by atoms with E-state index in [4.69, 9.17) is 0 Å². The molecule has 1 nitrogen and oxygen atoms in total. The Bertz CT molecular complexity index is 318. The highest BCUT2D eigenvalue weighted by Gasteiger charge is 2.08. The maximum Gasteiger partial charge on any atom is 0.0432 e. The van der Waals surface area contributed by atoms with E-state index in [9.17, 15) is 0 Å². The Hall–Kier alpha value is -1.24. The van der Waals surface area contributed by atoms with Gasteiger partial charge in [0, 0.05) is 12.7 Å². The van der Waals surface area contributed by atoms with Crippen molar-refractivity contribution in [2.45, 2.75) is 25.7 Å². The molecule has 74 valence electrons. The van der Waals surface area contributed by atoms with Crippen molar-refractivity contribution in [3.63, 3.8) is 0 Å². The third-order valence-corrected chi connectivity index (χ3v) is 2.71. The fourth-order valence-electron chi connectivity index (χ4n) is 1.91. The van der Waals surface area contributed by atoms with E-state index in [2.05, 4.69) is 48.5 Å². The lowest BCUT2D eigenvalue weighted by atomic mass is 10.0. The van der Waals surface area contributed by atoms with Crippen LogP contribution >= 0.6 is 0 Å².